The van der Waals surface area contributed by atoms with Crippen molar-refractivity contribution in [2.24, 2.45) is 0 Å². The number of aryl methyl sites for hydroxylation is 16. The van der Waals surface area contributed by atoms with Crippen molar-refractivity contribution in [1.29, 1.82) is 0 Å². The Kier molecular flexibility index (Phi) is 22.0. The Morgan fingerprint density at radius 2 is 0.522 bits per heavy atom. The largest absolute Gasteiger partial charge is 0.261 e. The highest BCUT2D eigenvalue weighted by Gasteiger charge is 1.99. The van der Waals surface area contributed by atoms with E-state index >= 15 is 0 Å². The van der Waals surface area contributed by atoms with Crippen molar-refractivity contribution in [3.8, 4) is 33.4 Å². The van der Waals surface area contributed by atoms with E-state index in [0.29, 0.717) is 104 Å². The van der Waals surface area contributed by atoms with E-state index in [1.54, 1.807) is 143 Å². The van der Waals surface area contributed by atoms with Gasteiger partial charge in [0.05, 0.1) is 68.9 Å². The molecule has 0 fully saturated rings. The smallest absolute Gasteiger partial charge is 0.0860 e. The summed E-state index contributed by atoms with van der Waals surface area (Å²) < 4.78 is 128. The maximum atomic E-state index is 7.95. The van der Waals surface area contributed by atoms with Crippen molar-refractivity contribution in [1.82, 2.24) is 49.8 Å². The second-order valence-electron chi connectivity index (χ2n) is 20.7. The Hall–Kier alpha value is -10.1. The molecule has 10 nitrogen and oxygen atoms in total. The summed E-state index contributed by atoms with van der Waals surface area (Å²) in [5, 5.41) is 0. The van der Waals surface area contributed by atoms with Crippen LogP contribution in [-0.2, 0) is 0 Å². The van der Waals surface area contributed by atoms with E-state index in [9.17, 15) is 0 Å². The van der Waals surface area contributed by atoms with Crippen molar-refractivity contribution in [3.63, 3.8) is 0 Å². The van der Waals surface area contributed by atoms with Crippen LogP contribution >= 0.6 is 0 Å². The Morgan fingerprint density at radius 1 is 0.211 bits per heavy atom. The van der Waals surface area contributed by atoms with Gasteiger partial charge >= 0.3 is 0 Å². The molecule has 6 heterocycles. The number of hydrogen-bond donors (Lipinski definition) is 0. The first-order valence-electron chi connectivity index (χ1n) is 37.4. The minimum atomic E-state index is -0.0324. The SMILES string of the molecule is Cc1ccc(-c2ccc(C)cc2)cc1.Cc1cnc(C)cn1.Cc1cncc(C)n1.[2H]c1c(C)nc(C)c([2H])c1[2H].[2H]c1cc(-c2cc([2H])c(C)c([2H])c2)cc([2H])c1C.[2H]c1cc(C)cc([2H])c1-c1c([2H])cc(C)cc1[2H].[2H]c1cc([2H])c(C)nc1C.[2H]c1nc(C)c([2H])nc1C.[2H]c1nc([2H])c(C)nc1C. The Bertz CT molecular complexity index is 4410. The predicted molar refractivity (Wildman–Crippen MR) is 378 cm³/mol. The van der Waals surface area contributed by atoms with Gasteiger partial charge in [0, 0.05) is 72.3 Å². The van der Waals surface area contributed by atoms with Gasteiger partial charge in [-0.2, -0.15) is 0 Å². The van der Waals surface area contributed by atoms with Crippen LogP contribution in [0.3, 0.4) is 0 Å². The highest BCUT2D eigenvalue weighted by atomic mass is 14.8. The summed E-state index contributed by atoms with van der Waals surface area (Å²) in [6.07, 6.45) is 7.51. The minimum Gasteiger partial charge on any atom is -0.261 e. The van der Waals surface area contributed by atoms with Gasteiger partial charge in [0.15, 0.2) is 0 Å². The monoisotopic (exact) mass is 1210 g/mol. The van der Waals surface area contributed by atoms with Crippen molar-refractivity contribution < 1.29 is 23.3 Å². The van der Waals surface area contributed by atoms with Crippen molar-refractivity contribution >= 4 is 0 Å². The minimum absolute atomic E-state index is 0.0324. The molecule has 0 aliphatic heterocycles. The van der Waals surface area contributed by atoms with Crippen LogP contribution in [0, 0.1) is 125 Å². The van der Waals surface area contributed by atoms with Crippen LogP contribution in [0.5, 0.6) is 0 Å². The molecule has 0 spiro atoms. The Balaban J connectivity index is 0.000000258. The first-order chi connectivity index (χ1) is 50.0. The van der Waals surface area contributed by atoms with Gasteiger partial charge in [0.25, 0.3) is 0 Å². The molecule has 0 N–H and O–H groups in total. The summed E-state index contributed by atoms with van der Waals surface area (Å²) in [5.41, 5.74) is 18.8. The van der Waals surface area contributed by atoms with Crippen molar-refractivity contribution in [2.45, 2.75) is 125 Å². The van der Waals surface area contributed by atoms with Crippen molar-refractivity contribution in [3.05, 3.63) is 333 Å². The average molecular weight is 1210 g/mol. The first-order valence-corrected chi connectivity index (χ1v) is 28.9. The zero-order valence-corrected chi connectivity index (χ0v) is 55.1. The second-order valence-corrected chi connectivity index (χ2v) is 20.7. The van der Waals surface area contributed by atoms with E-state index in [1.165, 1.54) is 28.3 Å². The molecule has 0 aliphatic rings. The molecule has 0 bridgehead atoms. The Labute approximate surface area is 562 Å². The van der Waals surface area contributed by atoms with Gasteiger partial charge in [-0.05, 0) is 182 Å². The summed E-state index contributed by atoms with van der Waals surface area (Å²) in [6, 6.07) is 34.9. The van der Waals surface area contributed by atoms with E-state index in [4.69, 9.17) is 23.3 Å². The lowest BCUT2D eigenvalue weighted by atomic mass is 10.0. The van der Waals surface area contributed by atoms with Crippen LogP contribution in [0.2, 0.25) is 0 Å². The molecule has 462 valence electrons. The van der Waals surface area contributed by atoms with E-state index in [-0.39, 0.29) is 67.0 Å². The van der Waals surface area contributed by atoms with E-state index in [1.807, 2.05) is 41.5 Å². The maximum Gasteiger partial charge on any atom is 0.0860 e. The molecule has 12 rings (SSSR count). The fourth-order valence-electron chi connectivity index (χ4n) is 6.93. The number of hydrogen-bond acceptors (Lipinski definition) is 10. The number of benzene rings is 6. The third-order valence-corrected chi connectivity index (χ3v) is 11.6. The molecule has 0 saturated carbocycles. The number of aromatic nitrogens is 10. The number of nitrogens with zero attached hydrogens (tertiary/aromatic N) is 10. The molecule has 10 heteroatoms. The van der Waals surface area contributed by atoms with Crippen LogP contribution < -0.4 is 0 Å². The Morgan fingerprint density at radius 3 is 0.844 bits per heavy atom. The van der Waals surface area contributed by atoms with Crippen molar-refractivity contribution in [2.75, 3.05) is 0 Å². The maximum absolute atomic E-state index is 7.95. The molecule has 90 heavy (non-hydrogen) atoms. The molecule has 0 unspecified atom stereocenters. The van der Waals surface area contributed by atoms with Gasteiger partial charge in [-0.25, -0.2) is 0 Å². The molecule has 0 radical (unpaired) electrons. The normalized spacial score (nSPS) is 12.3. The van der Waals surface area contributed by atoms with Gasteiger partial charge in [0.1, 0.15) is 0 Å². The summed E-state index contributed by atoms with van der Waals surface area (Å²) in [5.74, 6) is 0. The third kappa shape index (κ3) is 31.0. The summed E-state index contributed by atoms with van der Waals surface area (Å²) in [7, 11) is 0. The molecule has 0 saturated heterocycles. The van der Waals surface area contributed by atoms with Crippen LogP contribution in [0.25, 0.3) is 33.4 Å². The van der Waals surface area contributed by atoms with Gasteiger partial charge in [-0.3, -0.25) is 49.8 Å². The number of pyridine rings is 2. The molecule has 12 aromatic rings. The van der Waals surface area contributed by atoms with Crippen LogP contribution in [0.1, 0.15) is 125 Å². The van der Waals surface area contributed by atoms with Gasteiger partial charge < -0.3 is 0 Å². The number of rotatable bonds is 3. The molecule has 6 aromatic carbocycles. The predicted octanol–water partition coefficient (Wildman–Crippen LogP) is 19.7. The lowest BCUT2D eigenvalue weighted by molar-refractivity contribution is 1.05. The first kappa shape index (κ1) is 49.9. The summed E-state index contributed by atoms with van der Waals surface area (Å²) in [6.45, 7) is 32.7. The van der Waals surface area contributed by atoms with E-state index in [2.05, 4.69) is 112 Å². The molecule has 0 aliphatic carbocycles. The third-order valence-electron chi connectivity index (χ3n) is 11.6. The lowest BCUT2D eigenvalue weighted by Gasteiger charge is -2.02. The lowest BCUT2D eigenvalue weighted by Crippen LogP contribution is -1.85. The fraction of sp³-hybridized carbons (Fsp3) is 0.225. The average Bonchev–Trinajstić information content (AvgIpc) is 0.795. The zero-order chi connectivity index (χ0) is 80.6. The second kappa shape index (κ2) is 39.7. The van der Waals surface area contributed by atoms with Gasteiger partial charge in [0.2, 0.25) is 0 Å². The molecule has 0 atom stereocenters. The van der Waals surface area contributed by atoms with Gasteiger partial charge in [-0.15, -0.1) is 0 Å². The fourth-order valence-corrected chi connectivity index (χ4v) is 6.93. The molecular weight excluding hydrogens is 1100 g/mol. The highest BCUT2D eigenvalue weighted by Crippen LogP contribution is 2.22. The molecule has 6 aromatic heterocycles. The van der Waals surface area contributed by atoms with Gasteiger partial charge in [-0.1, -0.05) is 191 Å². The quantitative estimate of drug-likeness (QED) is 0.169. The summed E-state index contributed by atoms with van der Waals surface area (Å²) >= 11 is 0. The zero-order valence-electron chi connectivity index (χ0n) is 72.1. The van der Waals surface area contributed by atoms with Crippen LogP contribution in [-0.4, -0.2) is 49.8 Å². The van der Waals surface area contributed by atoms with Crippen LogP contribution in [0.15, 0.2) is 231 Å². The van der Waals surface area contributed by atoms with E-state index < -0.39 is 0 Å². The molecule has 0 amide bonds. The standard InChI is InChI=1S/3C14H14.2C7H9N.4C6H8N2/c3*1-11-3-7-13(8-4-11)14-9-5-12(2)6-10-14;2*1-6-4-3-5-7(2)8-6;2*1-5-3-8-6(2)4-7-5;2*1-5-3-7-4-6(2)8-5/h3*3-10H,1-2H3;2*3-5H,1-2H3;4*3-4H,1-2H3/i7D,8D,9D,10D;3D,4D,5D,6D;;3D,4D,5D;4D,5D;3D,4D;;3D,4D;. The van der Waals surface area contributed by atoms with Crippen LogP contribution in [0.4, 0.5) is 0 Å². The summed E-state index contributed by atoms with van der Waals surface area (Å²) in [4.78, 5) is 39.2. The topological polar surface area (TPSA) is 129 Å². The highest BCUT2D eigenvalue weighted by molar-refractivity contribution is 5.65. The molecular formula is C80H92N10. The van der Waals surface area contributed by atoms with E-state index in [0.717, 1.165) is 45.0 Å².